The number of amides is 1. The van der Waals surface area contributed by atoms with Crippen LogP contribution in [0.15, 0.2) is 11.0 Å². The van der Waals surface area contributed by atoms with Crippen LogP contribution < -0.4 is 10.7 Å². The topological polar surface area (TPSA) is 68.4 Å². The van der Waals surface area contributed by atoms with Gasteiger partial charge in [-0.3, -0.25) is 19.4 Å². The van der Waals surface area contributed by atoms with Crippen molar-refractivity contribution in [1.82, 2.24) is 20.1 Å². The normalized spacial score (nSPS) is 25.0. The predicted molar refractivity (Wildman–Crippen MR) is 110 cm³/mol. The van der Waals surface area contributed by atoms with Crippen LogP contribution >= 0.6 is 0 Å². The molecule has 28 heavy (non-hydrogen) atoms. The second-order valence-electron chi connectivity index (χ2n) is 9.03. The number of pyridine rings is 1. The average molecular weight is 387 g/mol. The smallest absolute Gasteiger partial charge is 0.224 e. The number of carbonyl (C=O) groups excluding carboxylic acids is 1. The second kappa shape index (κ2) is 8.37. The monoisotopic (exact) mass is 386 g/mol. The molecule has 0 bridgehead atoms. The average Bonchev–Trinajstić information content (AvgIpc) is 3.53. The van der Waals surface area contributed by atoms with Crippen LogP contribution in [0.4, 0.5) is 0 Å². The van der Waals surface area contributed by atoms with Crippen LogP contribution in [0.3, 0.4) is 0 Å². The van der Waals surface area contributed by atoms with Gasteiger partial charge in [0.1, 0.15) is 0 Å². The summed E-state index contributed by atoms with van der Waals surface area (Å²) in [6.07, 6.45) is 8.61. The molecule has 0 aromatic carbocycles. The van der Waals surface area contributed by atoms with Crippen molar-refractivity contribution in [2.24, 2.45) is 5.92 Å². The van der Waals surface area contributed by atoms with Gasteiger partial charge in [0.25, 0.3) is 0 Å². The number of nitrogens with zero attached hydrogens (tertiary/aromatic N) is 2. The lowest BCUT2D eigenvalue weighted by Gasteiger charge is -2.42. The minimum absolute atomic E-state index is 0.160. The fraction of sp³-hybridized carbons (Fsp3) is 0.727. The van der Waals surface area contributed by atoms with Gasteiger partial charge in [0.15, 0.2) is 5.43 Å². The number of likely N-dealkylation sites (tertiary alicyclic amines) is 2. The maximum atomic E-state index is 12.4. The summed E-state index contributed by atoms with van der Waals surface area (Å²) >= 11 is 0. The third-order valence-electron chi connectivity index (χ3n) is 6.82. The first-order valence-electron chi connectivity index (χ1n) is 11.0. The van der Waals surface area contributed by atoms with Gasteiger partial charge >= 0.3 is 0 Å². The molecule has 1 aromatic heterocycles. The molecule has 2 saturated heterocycles. The number of aryl methyl sites for hydroxylation is 1. The highest BCUT2D eigenvalue weighted by Gasteiger charge is 2.33. The molecule has 2 N–H and O–H groups in total. The number of aromatic nitrogens is 1. The van der Waals surface area contributed by atoms with Crippen molar-refractivity contribution < 1.29 is 4.79 Å². The predicted octanol–water partition coefficient (Wildman–Crippen LogP) is 1.95. The van der Waals surface area contributed by atoms with E-state index < -0.39 is 0 Å². The number of hydrogen-bond acceptors (Lipinski definition) is 4. The Bertz CT molecular complexity index is 762. The Morgan fingerprint density at radius 2 is 1.89 bits per heavy atom. The lowest BCUT2D eigenvalue weighted by molar-refractivity contribution is -0.127. The Morgan fingerprint density at radius 1 is 1.14 bits per heavy atom. The van der Waals surface area contributed by atoms with E-state index in [0.29, 0.717) is 12.1 Å². The largest absolute Gasteiger partial charge is 0.363 e. The van der Waals surface area contributed by atoms with Crippen LogP contribution in [-0.2, 0) is 11.3 Å². The summed E-state index contributed by atoms with van der Waals surface area (Å²) in [5.74, 6) is 0.455. The van der Waals surface area contributed by atoms with Crippen molar-refractivity contribution in [3.63, 3.8) is 0 Å². The van der Waals surface area contributed by atoms with Gasteiger partial charge in [-0.1, -0.05) is 0 Å². The van der Waals surface area contributed by atoms with E-state index in [1.807, 2.05) is 20.0 Å². The van der Waals surface area contributed by atoms with E-state index >= 15 is 0 Å². The van der Waals surface area contributed by atoms with Crippen LogP contribution in [-0.4, -0.2) is 59.0 Å². The fourth-order valence-electron chi connectivity index (χ4n) is 4.73. The summed E-state index contributed by atoms with van der Waals surface area (Å²) in [5.41, 5.74) is 2.84. The highest BCUT2D eigenvalue weighted by Crippen LogP contribution is 2.26. The summed E-state index contributed by atoms with van der Waals surface area (Å²) < 4.78 is 0. The van der Waals surface area contributed by atoms with Crippen LogP contribution in [0.1, 0.15) is 55.3 Å². The first-order valence-corrected chi connectivity index (χ1v) is 11.0. The number of H-pyrrole nitrogens is 1. The van der Waals surface area contributed by atoms with Gasteiger partial charge in [0.05, 0.1) is 5.92 Å². The van der Waals surface area contributed by atoms with Gasteiger partial charge < -0.3 is 10.3 Å². The molecule has 1 amide bonds. The fourth-order valence-corrected chi connectivity index (χ4v) is 4.73. The summed E-state index contributed by atoms with van der Waals surface area (Å²) in [7, 11) is 0. The molecule has 2 aliphatic heterocycles. The molecule has 4 rings (SSSR count). The highest BCUT2D eigenvalue weighted by atomic mass is 16.2. The lowest BCUT2D eigenvalue weighted by Crippen LogP contribution is -2.50. The van der Waals surface area contributed by atoms with Crippen molar-refractivity contribution in [3.05, 3.63) is 33.2 Å². The summed E-state index contributed by atoms with van der Waals surface area (Å²) in [5, 5.41) is 3.19. The number of rotatable bonds is 5. The molecule has 3 heterocycles. The van der Waals surface area contributed by atoms with Crippen molar-refractivity contribution in [3.8, 4) is 0 Å². The Labute approximate surface area is 167 Å². The zero-order chi connectivity index (χ0) is 19.7. The highest BCUT2D eigenvalue weighted by molar-refractivity contribution is 5.79. The van der Waals surface area contributed by atoms with E-state index in [1.54, 1.807) is 0 Å². The van der Waals surface area contributed by atoms with Gasteiger partial charge in [-0.25, -0.2) is 0 Å². The van der Waals surface area contributed by atoms with Gasteiger partial charge in [-0.15, -0.1) is 0 Å². The molecule has 154 valence electrons. The Hall–Kier alpha value is -1.66. The van der Waals surface area contributed by atoms with Gasteiger partial charge in [-0.05, 0) is 58.9 Å². The lowest BCUT2D eigenvalue weighted by atomic mass is 9.93. The van der Waals surface area contributed by atoms with Crippen molar-refractivity contribution in [2.45, 2.75) is 71.0 Å². The molecule has 6 heteroatoms. The third-order valence-corrected chi connectivity index (χ3v) is 6.82. The van der Waals surface area contributed by atoms with Crippen LogP contribution in [0.25, 0.3) is 0 Å². The van der Waals surface area contributed by atoms with E-state index in [1.165, 1.54) is 0 Å². The molecule has 1 unspecified atom stereocenters. The number of nitrogens with one attached hydrogen (secondary N) is 2. The molecule has 1 saturated carbocycles. The number of hydrogen-bond donors (Lipinski definition) is 2. The van der Waals surface area contributed by atoms with E-state index in [9.17, 15) is 9.59 Å². The SMILES string of the molecule is Cc1c[nH]c(CN2CCC(N3CCCC(C(=O)NC4CC4)C3)CC2)c(C)c1=O. The molecule has 1 aliphatic carbocycles. The zero-order valence-electron chi connectivity index (χ0n) is 17.3. The van der Waals surface area contributed by atoms with E-state index in [4.69, 9.17) is 0 Å². The van der Waals surface area contributed by atoms with Crippen LogP contribution in [0, 0.1) is 19.8 Å². The van der Waals surface area contributed by atoms with Crippen molar-refractivity contribution in [1.29, 1.82) is 0 Å². The number of carbonyl (C=O) groups is 1. The quantitative estimate of drug-likeness (QED) is 0.812. The molecule has 0 radical (unpaired) electrons. The minimum atomic E-state index is 0.160. The second-order valence-corrected chi connectivity index (χ2v) is 9.03. The van der Waals surface area contributed by atoms with E-state index in [-0.39, 0.29) is 17.3 Å². The first kappa shape index (κ1) is 19.6. The molecule has 1 atom stereocenters. The molecular formula is C22H34N4O2. The Kier molecular flexibility index (Phi) is 5.88. The minimum Gasteiger partial charge on any atom is -0.363 e. The molecule has 1 aromatic rings. The third kappa shape index (κ3) is 4.49. The van der Waals surface area contributed by atoms with Gasteiger partial charge in [0.2, 0.25) is 5.91 Å². The van der Waals surface area contributed by atoms with E-state index in [0.717, 1.165) is 88.1 Å². The van der Waals surface area contributed by atoms with Crippen LogP contribution in [0.2, 0.25) is 0 Å². The van der Waals surface area contributed by atoms with Gasteiger partial charge in [-0.2, -0.15) is 0 Å². The molecule has 3 fully saturated rings. The standard InChI is InChI=1S/C22H34N4O2/c1-15-12-23-20(16(2)21(15)27)14-25-10-7-19(8-11-25)26-9-3-4-17(13-26)22(28)24-18-5-6-18/h12,17-19H,3-11,13-14H2,1-2H3,(H,23,27)(H,24,28). The zero-order valence-corrected chi connectivity index (χ0v) is 17.3. The molecular weight excluding hydrogens is 352 g/mol. The van der Waals surface area contributed by atoms with Crippen LogP contribution in [0.5, 0.6) is 0 Å². The summed E-state index contributed by atoms with van der Waals surface area (Å²) in [4.78, 5) is 32.9. The summed E-state index contributed by atoms with van der Waals surface area (Å²) in [6.45, 7) is 8.76. The number of aromatic amines is 1. The number of piperidine rings is 2. The molecule has 3 aliphatic rings. The maximum absolute atomic E-state index is 12.4. The molecule has 0 spiro atoms. The van der Waals surface area contributed by atoms with Crippen molar-refractivity contribution in [2.75, 3.05) is 26.2 Å². The van der Waals surface area contributed by atoms with Gasteiger partial charge in [0, 0.05) is 61.3 Å². The Balaban J connectivity index is 1.28. The Morgan fingerprint density at radius 3 is 2.61 bits per heavy atom. The summed E-state index contributed by atoms with van der Waals surface area (Å²) in [6, 6.07) is 1.05. The van der Waals surface area contributed by atoms with E-state index in [2.05, 4.69) is 20.1 Å². The maximum Gasteiger partial charge on any atom is 0.224 e. The molecule has 6 nitrogen and oxygen atoms in total. The first-order chi connectivity index (χ1) is 13.5. The van der Waals surface area contributed by atoms with Crippen molar-refractivity contribution >= 4 is 5.91 Å².